The predicted molar refractivity (Wildman–Crippen MR) is 116 cm³/mol. The van der Waals surface area contributed by atoms with E-state index < -0.39 is 0 Å². The molecule has 1 aromatic heterocycles. The van der Waals surface area contributed by atoms with Crippen molar-refractivity contribution in [3.63, 3.8) is 0 Å². The molecule has 0 saturated carbocycles. The van der Waals surface area contributed by atoms with E-state index in [-0.39, 0.29) is 0 Å². The maximum Gasteiger partial charge on any atom is 0.134 e. The van der Waals surface area contributed by atoms with Crippen LogP contribution in [0.5, 0.6) is 0 Å². The Labute approximate surface area is 168 Å². The number of nitriles is 1. The van der Waals surface area contributed by atoms with Crippen LogP contribution in [-0.2, 0) is 6.42 Å². The Balaban J connectivity index is 1.51. The zero-order chi connectivity index (χ0) is 18.9. The van der Waals surface area contributed by atoms with Gasteiger partial charge in [-0.3, -0.25) is 0 Å². The molecule has 0 amide bonds. The topological polar surface area (TPSA) is 36.7 Å². The molecule has 1 heterocycles. The molecule has 0 atom stereocenters. The van der Waals surface area contributed by atoms with Crippen molar-refractivity contribution in [2.45, 2.75) is 6.42 Å². The lowest BCUT2D eigenvalue weighted by Gasteiger charge is -2.04. The lowest BCUT2D eigenvalue weighted by molar-refractivity contribution is 1.26. The zero-order valence-corrected chi connectivity index (χ0v) is 15.9. The molecule has 132 valence electrons. The highest BCUT2D eigenvalue weighted by Crippen LogP contribution is 2.39. The van der Waals surface area contributed by atoms with Gasteiger partial charge in [0.25, 0.3) is 0 Å². The number of allylic oxidation sites excluding steroid dienone is 1. The van der Waals surface area contributed by atoms with E-state index in [1.165, 1.54) is 33.6 Å². The minimum atomic E-state index is 0.592. The van der Waals surface area contributed by atoms with Crippen molar-refractivity contribution in [1.82, 2.24) is 4.98 Å². The lowest BCUT2D eigenvalue weighted by Crippen LogP contribution is -1.85. The predicted octanol–water partition coefficient (Wildman–Crippen LogP) is 6.45. The van der Waals surface area contributed by atoms with Gasteiger partial charge in [0.2, 0.25) is 0 Å². The van der Waals surface area contributed by atoms with E-state index in [0.29, 0.717) is 5.57 Å². The number of nitrogens with zero attached hydrogens (tertiary/aromatic N) is 2. The summed E-state index contributed by atoms with van der Waals surface area (Å²) < 4.78 is 0. The fourth-order valence-electron chi connectivity index (χ4n) is 3.67. The second-order valence-electron chi connectivity index (χ2n) is 6.82. The Morgan fingerprint density at radius 3 is 2.57 bits per heavy atom. The largest absolute Gasteiger partial charge is 0.235 e. The number of hydrogen-bond donors (Lipinski definition) is 0. The van der Waals surface area contributed by atoms with Crippen molar-refractivity contribution in [2.75, 3.05) is 0 Å². The maximum atomic E-state index is 9.61. The van der Waals surface area contributed by atoms with Gasteiger partial charge >= 0.3 is 0 Å². The van der Waals surface area contributed by atoms with Crippen LogP contribution in [-0.4, -0.2) is 4.98 Å². The molecule has 3 heteroatoms. The van der Waals surface area contributed by atoms with Gasteiger partial charge in [0, 0.05) is 10.9 Å². The number of rotatable bonds is 3. The van der Waals surface area contributed by atoms with Crippen LogP contribution in [0.4, 0.5) is 0 Å². The van der Waals surface area contributed by atoms with Gasteiger partial charge in [-0.2, -0.15) is 5.26 Å². The zero-order valence-electron chi connectivity index (χ0n) is 15.1. The molecular formula is C25H16N2S. The fourth-order valence-corrected chi connectivity index (χ4v) is 4.47. The monoisotopic (exact) mass is 376 g/mol. The second kappa shape index (κ2) is 6.92. The van der Waals surface area contributed by atoms with Crippen molar-refractivity contribution in [2.24, 2.45) is 0 Å². The molecule has 2 nitrogen and oxygen atoms in total. The number of fused-ring (bicyclic) bond motifs is 3. The summed E-state index contributed by atoms with van der Waals surface area (Å²) in [5, 5.41) is 12.4. The van der Waals surface area contributed by atoms with E-state index in [1.807, 2.05) is 41.8 Å². The smallest absolute Gasteiger partial charge is 0.134 e. The molecular weight excluding hydrogens is 360 g/mol. The number of hydrogen-bond acceptors (Lipinski definition) is 3. The summed E-state index contributed by atoms with van der Waals surface area (Å²) in [6.07, 6.45) is 2.88. The van der Waals surface area contributed by atoms with Crippen LogP contribution in [0.1, 0.15) is 21.7 Å². The third-order valence-corrected chi connectivity index (χ3v) is 5.94. The molecule has 1 aliphatic rings. The van der Waals surface area contributed by atoms with Crippen molar-refractivity contribution in [3.05, 3.63) is 99.9 Å². The van der Waals surface area contributed by atoms with Gasteiger partial charge in [0.15, 0.2) is 0 Å². The first-order chi connectivity index (χ1) is 13.8. The van der Waals surface area contributed by atoms with Crippen LogP contribution in [0, 0.1) is 11.3 Å². The summed E-state index contributed by atoms with van der Waals surface area (Å²) in [4.78, 5) is 4.76. The Hall–Kier alpha value is -3.48. The van der Waals surface area contributed by atoms with Crippen LogP contribution < -0.4 is 0 Å². The van der Waals surface area contributed by atoms with Gasteiger partial charge in [0.05, 0.1) is 11.3 Å². The summed E-state index contributed by atoms with van der Waals surface area (Å²) in [5.74, 6) is 0. The highest BCUT2D eigenvalue weighted by molar-refractivity contribution is 7.11. The molecule has 5 rings (SSSR count). The summed E-state index contributed by atoms with van der Waals surface area (Å²) >= 11 is 1.51. The Kier molecular flexibility index (Phi) is 4.12. The van der Waals surface area contributed by atoms with Crippen molar-refractivity contribution in [3.8, 4) is 28.5 Å². The molecule has 0 N–H and O–H groups in total. The average Bonchev–Trinajstić information content (AvgIpc) is 3.37. The molecule has 28 heavy (non-hydrogen) atoms. The number of benzene rings is 3. The molecule has 4 aromatic rings. The van der Waals surface area contributed by atoms with Gasteiger partial charge < -0.3 is 0 Å². The third-order valence-electron chi connectivity index (χ3n) is 5.06. The SMILES string of the molecule is N#CC(=Cc1ccccc1)c1nc(-c2ccc3c(c2)-c2ccccc2C3)cs1. The van der Waals surface area contributed by atoms with Crippen molar-refractivity contribution >= 4 is 23.0 Å². The first kappa shape index (κ1) is 16.7. The molecule has 0 spiro atoms. The highest BCUT2D eigenvalue weighted by atomic mass is 32.1. The maximum absolute atomic E-state index is 9.61. The summed E-state index contributed by atoms with van der Waals surface area (Å²) in [7, 11) is 0. The molecule has 3 aromatic carbocycles. The first-order valence-electron chi connectivity index (χ1n) is 9.16. The standard InChI is InChI=1S/C25H16N2S/c26-15-21(12-17-6-2-1-3-7-17)25-27-24(16-28-25)20-11-10-19-13-18-8-4-5-9-22(18)23(19)14-20/h1-12,14,16H,13H2. The minimum absolute atomic E-state index is 0.592. The van der Waals surface area contributed by atoms with Gasteiger partial charge in [0.1, 0.15) is 11.1 Å². The van der Waals surface area contributed by atoms with E-state index in [4.69, 9.17) is 4.98 Å². The molecule has 0 radical (unpaired) electrons. The van der Waals surface area contributed by atoms with Crippen LogP contribution in [0.25, 0.3) is 34.0 Å². The Bertz CT molecular complexity index is 1240. The quantitative estimate of drug-likeness (QED) is 0.339. The van der Waals surface area contributed by atoms with Gasteiger partial charge in [-0.1, -0.05) is 66.7 Å². The van der Waals surface area contributed by atoms with Crippen LogP contribution >= 0.6 is 11.3 Å². The van der Waals surface area contributed by atoms with Gasteiger partial charge in [-0.25, -0.2) is 4.98 Å². The normalized spacial score (nSPS) is 12.3. The average molecular weight is 376 g/mol. The fraction of sp³-hybridized carbons (Fsp3) is 0.0400. The number of aromatic nitrogens is 1. The highest BCUT2D eigenvalue weighted by Gasteiger charge is 2.19. The van der Waals surface area contributed by atoms with E-state index >= 15 is 0 Å². The van der Waals surface area contributed by atoms with E-state index in [0.717, 1.165) is 28.2 Å². The molecule has 0 fully saturated rings. The minimum Gasteiger partial charge on any atom is -0.235 e. The second-order valence-corrected chi connectivity index (χ2v) is 7.68. The summed E-state index contributed by atoms with van der Waals surface area (Å²) in [6, 6.07) is 27.3. The molecule has 0 saturated heterocycles. The molecule has 0 bridgehead atoms. The summed E-state index contributed by atoms with van der Waals surface area (Å²) in [6.45, 7) is 0. The summed E-state index contributed by atoms with van der Waals surface area (Å²) in [5.41, 5.74) is 8.96. The van der Waals surface area contributed by atoms with E-state index in [9.17, 15) is 5.26 Å². The number of thiazole rings is 1. The first-order valence-corrected chi connectivity index (χ1v) is 10.0. The van der Waals surface area contributed by atoms with Gasteiger partial charge in [-0.05, 0) is 46.4 Å². The van der Waals surface area contributed by atoms with Crippen molar-refractivity contribution < 1.29 is 0 Å². The van der Waals surface area contributed by atoms with Crippen LogP contribution in [0.2, 0.25) is 0 Å². The molecule has 1 aliphatic carbocycles. The lowest BCUT2D eigenvalue weighted by atomic mass is 10.0. The Morgan fingerprint density at radius 1 is 0.929 bits per heavy atom. The van der Waals surface area contributed by atoms with Gasteiger partial charge in [-0.15, -0.1) is 11.3 Å². The van der Waals surface area contributed by atoms with Crippen LogP contribution in [0.3, 0.4) is 0 Å². The molecule has 0 unspecified atom stereocenters. The van der Waals surface area contributed by atoms with Crippen LogP contribution in [0.15, 0.2) is 78.2 Å². The van der Waals surface area contributed by atoms with E-state index in [2.05, 4.69) is 48.5 Å². The van der Waals surface area contributed by atoms with Crippen molar-refractivity contribution in [1.29, 1.82) is 5.26 Å². The third kappa shape index (κ3) is 2.94. The Morgan fingerprint density at radius 2 is 1.71 bits per heavy atom. The van der Waals surface area contributed by atoms with E-state index in [1.54, 1.807) is 0 Å². The molecule has 0 aliphatic heterocycles.